The van der Waals surface area contributed by atoms with E-state index >= 15 is 0 Å². The molecule has 1 saturated heterocycles. The summed E-state index contributed by atoms with van der Waals surface area (Å²) in [4.78, 5) is 22.7. The zero-order chi connectivity index (χ0) is 13.1. The lowest BCUT2D eigenvalue weighted by atomic mass is 10.2. The van der Waals surface area contributed by atoms with Crippen molar-refractivity contribution in [3.63, 3.8) is 0 Å². The highest BCUT2D eigenvalue weighted by molar-refractivity contribution is 5.94. The summed E-state index contributed by atoms with van der Waals surface area (Å²) in [5.41, 5.74) is 0. The maximum atomic E-state index is 13.1. The Bertz CT molecular complexity index is 343. The largest absolute Gasteiger partial charge is 0.478 e. The number of halogens is 2. The van der Waals surface area contributed by atoms with E-state index in [1.165, 1.54) is 7.11 Å². The zero-order valence-electron chi connectivity index (χ0n) is 9.23. The quantitative estimate of drug-likeness (QED) is 0.737. The van der Waals surface area contributed by atoms with Crippen LogP contribution in [0.2, 0.25) is 0 Å². The van der Waals surface area contributed by atoms with Crippen LogP contribution >= 0.6 is 0 Å². The predicted octanol–water partition coefficient (Wildman–Crippen LogP) is 0.510. The fraction of sp³-hybridized carbons (Fsp3) is 0.600. The molecule has 0 aromatic heterocycles. The Hall–Kier alpha value is -1.50. The van der Waals surface area contributed by atoms with E-state index in [1.54, 1.807) is 0 Å². The molecule has 1 heterocycles. The summed E-state index contributed by atoms with van der Waals surface area (Å²) in [6, 6.07) is -0.721. The molecule has 0 spiro atoms. The van der Waals surface area contributed by atoms with E-state index in [1.807, 2.05) is 0 Å². The van der Waals surface area contributed by atoms with Gasteiger partial charge in [0, 0.05) is 25.7 Å². The maximum Gasteiger partial charge on any atom is 0.328 e. The van der Waals surface area contributed by atoms with Crippen molar-refractivity contribution in [2.45, 2.75) is 18.4 Å². The van der Waals surface area contributed by atoms with Gasteiger partial charge in [0.1, 0.15) is 0 Å². The minimum atomic E-state index is -2.95. The van der Waals surface area contributed by atoms with Crippen molar-refractivity contribution in [2.75, 3.05) is 20.3 Å². The molecule has 1 rings (SSSR count). The number of hydrogen-bond donors (Lipinski definition) is 1. The second-order valence-electron chi connectivity index (χ2n) is 3.81. The topological polar surface area (TPSA) is 66.8 Å². The third kappa shape index (κ3) is 3.77. The van der Waals surface area contributed by atoms with Crippen LogP contribution in [0, 0.1) is 0 Å². The lowest BCUT2D eigenvalue weighted by molar-refractivity contribution is -0.132. The first-order valence-corrected chi connectivity index (χ1v) is 4.94. The minimum absolute atomic E-state index is 0.00222. The third-order valence-corrected chi connectivity index (χ3v) is 2.39. The van der Waals surface area contributed by atoms with Gasteiger partial charge in [-0.15, -0.1) is 0 Å². The molecular weight excluding hydrogens is 236 g/mol. The number of hydrogen-bond acceptors (Lipinski definition) is 3. The Balaban J connectivity index is 2.73. The number of amides is 1. The standard InChI is InChI=1S/C10H13F2NO4/c1-17-5-7-4-10(11,12)6-13(7)8(14)2-3-9(15)16/h2-3,7H,4-6H2,1H3,(H,15,16)/b3-2+/t7-/m0/s1. The van der Waals surface area contributed by atoms with E-state index in [9.17, 15) is 18.4 Å². The minimum Gasteiger partial charge on any atom is -0.478 e. The molecule has 0 bridgehead atoms. The number of carboxylic acids is 1. The number of nitrogens with zero attached hydrogens (tertiary/aromatic N) is 1. The van der Waals surface area contributed by atoms with Gasteiger partial charge in [-0.25, -0.2) is 13.6 Å². The first-order chi connectivity index (χ1) is 7.85. The molecule has 0 radical (unpaired) electrons. The SMILES string of the molecule is COC[C@@H]1CC(F)(F)CN1C(=O)/C=C/C(=O)O. The lowest BCUT2D eigenvalue weighted by Gasteiger charge is -2.21. The molecule has 96 valence electrons. The first-order valence-electron chi connectivity index (χ1n) is 4.94. The van der Waals surface area contributed by atoms with Gasteiger partial charge in [0.2, 0.25) is 5.91 Å². The predicted molar refractivity (Wildman–Crippen MR) is 53.7 cm³/mol. The third-order valence-electron chi connectivity index (χ3n) is 2.39. The van der Waals surface area contributed by atoms with Crippen LogP contribution in [0.4, 0.5) is 8.78 Å². The van der Waals surface area contributed by atoms with Crippen LogP contribution in [0.25, 0.3) is 0 Å². The van der Waals surface area contributed by atoms with Crippen molar-refractivity contribution in [3.05, 3.63) is 12.2 Å². The van der Waals surface area contributed by atoms with Gasteiger partial charge in [0.25, 0.3) is 5.92 Å². The van der Waals surface area contributed by atoms with Crippen molar-refractivity contribution in [2.24, 2.45) is 0 Å². The zero-order valence-corrected chi connectivity index (χ0v) is 9.23. The highest BCUT2D eigenvalue weighted by atomic mass is 19.3. The molecule has 1 aliphatic rings. The maximum absolute atomic E-state index is 13.1. The van der Waals surface area contributed by atoms with Crippen LogP contribution in [0.5, 0.6) is 0 Å². The number of carbonyl (C=O) groups excluding carboxylic acids is 1. The Labute approximate surface area is 96.7 Å². The number of methoxy groups -OCH3 is 1. The van der Waals surface area contributed by atoms with Crippen molar-refractivity contribution in [1.29, 1.82) is 0 Å². The van der Waals surface area contributed by atoms with Crippen LogP contribution in [-0.4, -0.2) is 54.1 Å². The van der Waals surface area contributed by atoms with Gasteiger partial charge >= 0.3 is 5.97 Å². The van der Waals surface area contributed by atoms with Gasteiger partial charge in [-0.3, -0.25) is 4.79 Å². The summed E-state index contributed by atoms with van der Waals surface area (Å²) in [5.74, 6) is -4.99. The summed E-state index contributed by atoms with van der Waals surface area (Å²) in [7, 11) is 1.35. The van der Waals surface area contributed by atoms with Crippen LogP contribution in [-0.2, 0) is 14.3 Å². The molecule has 0 aromatic carbocycles. The number of ether oxygens (including phenoxy) is 1. The van der Waals surface area contributed by atoms with Crippen LogP contribution in [0.3, 0.4) is 0 Å². The summed E-state index contributed by atoms with van der Waals surface area (Å²) in [5, 5.41) is 8.35. The molecule has 17 heavy (non-hydrogen) atoms. The lowest BCUT2D eigenvalue weighted by Crippen LogP contribution is -2.37. The molecule has 0 aromatic rings. The van der Waals surface area contributed by atoms with E-state index < -0.39 is 36.8 Å². The molecule has 1 atom stereocenters. The highest BCUT2D eigenvalue weighted by Crippen LogP contribution is 2.32. The Morgan fingerprint density at radius 2 is 2.18 bits per heavy atom. The van der Waals surface area contributed by atoms with E-state index in [0.29, 0.717) is 6.08 Å². The van der Waals surface area contributed by atoms with Crippen molar-refractivity contribution >= 4 is 11.9 Å². The van der Waals surface area contributed by atoms with Gasteiger partial charge in [0.15, 0.2) is 0 Å². The Kier molecular flexibility index (Phi) is 4.17. The smallest absolute Gasteiger partial charge is 0.328 e. The number of carbonyl (C=O) groups is 2. The van der Waals surface area contributed by atoms with Crippen molar-refractivity contribution in [1.82, 2.24) is 4.90 Å². The van der Waals surface area contributed by atoms with Gasteiger partial charge in [-0.1, -0.05) is 0 Å². The molecule has 0 aliphatic carbocycles. The first kappa shape index (κ1) is 13.6. The van der Waals surface area contributed by atoms with E-state index in [0.717, 1.165) is 11.0 Å². The highest BCUT2D eigenvalue weighted by Gasteiger charge is 2.46. The monoisotopic (exact) mass is 249 g/mol. The van der Waals surface area contributed by atoms with E-state index in [-0.39, 0.29) is 6.61 Å². The van der Waals surface area contributed by atoms with Crippen LogP contribution in [0.1, 0.15) is 6.42 Å². The summed E-state index contributed by atoms with van der Waals surface area (Å²) in [6.07, 6.45) is 0.933. The molecule has 0 unspecified atom stereocenters. The number of rotatable bonds is 4. The molecule has 5 nitrogen and oxygen atoms in total. The summed E-state index contributed by atoms with van der Waals surface area (Å²) in [6.45, 7) is -0.702. The molecule has 7 heteroatoms. The average molecular weight is 249 g/mol. The van der Waals surface area contributed by atoms with Crippen molar-refractivity contribution in [3.8, 4) is 0 Å². The van der Waals surface area contributed by atoms with E-state index in [2.05, 4.69) is 0 Å². The molecule has 0 saturated carbocycles. The number of carboxylic acid groups (broad SMARTS) is 1. The normalized spacial score (nSPS) is 23.2. The second kappa shape index (κ2) is 5.22. The fourth-order valence-corrected chi connectivity index (χ4v) is 1.74. The van der Waals surface area contributed by atoms with Crippen LogP contribution < -0.4 is 0 Å². The van der Waals surface area contributed by atoms with E-state index in [4.69, 9.17) is 9.84 Å². The fourth-order valence-electron chi connectivity index (χ4n) is 1.74. The van der Waals surface area contributed by atoms with Gasteiger partial charge < -0.3 is 14.7 Å². The van der Waals surface area contributed by atoms with Crippen molar-refractivity contribution < 1.29 is 28.2 Å². The summed E-state index contributed by atoms with van der Waals surface area (Å²) >= 11 is 0. The number of aliphatic carboxylic acids is 1. The Morgan fingerprint density at radius 1 is 1.53 bits per heavy atom. The molecule has 1 aliphatic heterocycles. The van der Waals surface area contributed by atoms with Gasteiger partial charge in [-0.05, 0) is 0 Å². The van der Waals surface area contributed by atoms with Crippen LogP contribution in [0.15, 0.2) is 12.2 Å². The number of alkyl halides is 2. The molecule has 1 N–H and O–H groups in total. The van der Waals surface area contributed by atoms with Gasteiger partial charge in [-0.2, -0.15) is 0 Å². The molecule has 1 amide bonds. The Morgan fingerprint density at radius 3 is 2.71 bits per heavy atom. The summed E-state index contributed by atoms with van der Waals surface area (Å²) < 4.78 is 31.0. The number of likely N-dealkylation sites (tertiary alicyclic amines) is 1. The molecule has 1 fully saturated rings. The van der Waals surface area contributed by atoms with Gasteiger partial charge in [0.05, 0.1) is 19.2 Å². The average Bonchev–Trinajstić information content (AvgIpc) is 2.51. The second-order valence-corrected chi connectivity index (χ2v) is 3.81. The molecular formula is C10H13F2NO4.